The molecular formula is C52H48N2. The summed E-state index contributed by atoms with van der Waals surface area (Å²) in [7, 11) is 0. The smallest absolute Gasteiger partial charge is 0.0467 e. The zero-order valence-corrected chi connectivity index (χ0v) is 32.8. The maximum Gasteiger partial charge on any atom is 0.0467 e. The van der Waals surface area contributed by atoms with Crippen molar-refractivity contribution >= 4 is 34.1 Å². The van der Waals surface area contributed by atoms with Gasteiger partial charge in [0.15, 0.2) is 0 Å². The molecule has 0 fully saturated rings. The van der Waals surface area contributed by atoms with E-state index < -0.39 is 0 Å². The Bertz CT molecular complexity index is 2560. The van der Waals surface area contributed by atoms with Crippen LogP contribution < -0.4 is 9.80 Å². The topological polar surface area (TPSA) is 6.48 Å². The molecule has 9 rings (SSSR count). The summed E-state index contributed by atoms with van der Waals surface area (Å²) in [5.74, 6) is 0. The van der Waals surface area contributed by atoms with Gasteiger partial charge in [0, 0.05) is 45.0 Å². The van der Waals surface area contributed by atoms with E-state index in [0.717, 1.165) is 17.1 Å². The predicted molar refractivity (Wildman–Crippen MR) is 230 cm³/mol. The van der Waals surface area contributed by atoms with Crippen molar-refractivity contribution in [2.24, 2.45) is 0 Å². The maximum absolute atomic E-state index is 2.56. The first-order valence-corrected chi connectivity index (χ1v) is 19.3. The number of anilines is 6. The average Bonchev–Trinajstić information content (AvgIpc) is 3.54. The predicted octanol–water partition coefficient (Wildman–Crippen LogP) is 14.5. The molecule has 54 heavy (non-hydrogen) atoms. The lowest BCUT2D eigenvalue weighted by molar-refractivity contribution is 0.648. The zero-order chi connectivity index (χ0) is 37.5. The van der Waals surface area contributed by atoms with Gasteiger partial charge < -0.3 is 9.80 Å². The minimum atomic E-state index is -0.178. The van der Waals surface area contributed by atoms with E-state index in [-0.39, 0.29) is 10.8 Å². The van der Waals surface area contributed by atoms with Gasteiger partial charge in [-0.25, -0.2) is 0 Å². The third-order valence-electron chi connectivity index (χ3n) is 12.2. The molecule has 2 aliphatic rings. The lowest BCUT2D eigenvalue weighted by Crippen LogP contribution is -2.19. The van der Waals surface area contributed by atoms with Gasteiger partial charge in [0.1, 0.15) is 0 Å². The van der Waals surface area contributed by atoms with Crippen LogP contribution in [0.4, 0.5) is 34.1 Å². The summed E-state index contributed by atoms with van der Waals surface area (Å²) in [6.07, 6.45) is 0. The highest BCUT2D eigenvalue weighted by Crippen LogP contribution is 2.60. The Morgan fingerprint density at radius 1 is 0.370 bits per heavy atom. The summed E-state index contributed by atoms with van der Waals surface area (Å²) in [6.45, 7) is 18.7. The van der Waals surface area contributed by atoms with Crippen LogP contribution in [0.2, 0.25) is 0 Å². The van der Waals surface area contributed by atoms with E-state index in [2.05, 4.69) is 211 Å². The molecular weight excluding hydrogens is 653 g/mol. The SMILES string of the molecule is Cc1ccc(N(c2ccccc2)c2ccc3c(c2)C(C)(C)c2cc4c(c(C)c2-3)C(C)(C)c2cc(N(c3ccccc3)c3ccc(C)cc3)cc(C)c2-4)cc1. The van der Waals surface area contributed by atoms with Gasteiger partial charge >= 0.3 is 0 Å². The minimum Gasteiger partial charge on any atom is -0.310 e. The van der Waals surface area contributed by atoms with Crippen LogP contribution in [0.3, 0.4) is 0 Å². The van der Waals surface area contributed by atoms with Crippen molar-refractivity contribution in [3.63, 3.8) is 0 Å². The molecule has 2 nitrogen and oxygen atoms in total. The van der Waals surface area contributed by atoms with Crippen molar-refractivity contribution < 1.29 is 0 Å². The molecule has 2 aliphatic carbocycles. The van der Waals surface area contributed by atoms with E-state index in [9.17, 15) is 0 Å². The standard InChI is InChI=1S/C52H48N2/c1-33-19-23-39(24-20-33)53(37-15-11-9-12-16-37)41-27-28-43-45(30-41)51(5,6)47-32-44-48-35(3)29-42(31-46(48)52(7,8)50(44)36(4)49(43)47)54(38-17-13-10-14-18-38)40-25-21-34(2)22-26-40/h9-32H,1-8H3. The Labute approximate surface area is 321 Å². The summed E-state index contributed by atoms with van der Waals surface area (Å²) in [6, 6.07) is 53.9. The average molecular weight is 701 g/mol. The van der Waals surface area contributed by atoms with E-state index >= 15 is 0 Å². The van der Waals surface area contributed by atoms with Crippen LogP contribution in [0.5, 0.6) is 0 Å². The highest BCUT2D eigenvalue weighted by Gasteiger charge is 2.44. The van der Waals surface area contributed by atoms with E-state index in [1.807, 2.05) is 0 Å². The van der Waals surface area contributed by atoms with Crippen molar-refractivity contribution in [2.45, 2.75) is 66.2 Å². The second-order valence-corrected chi connectivity index (χ2v) is 16.5. The molecule has 0 aromatic heterocycles. The first-order valence-electron chi connectivity index (χ1n) is 19.3. The largest absolute Gasteiger partial charge is 0.310 e. The molecule has 7 aromatic rings. The summed E-state index contributed by atoms with van der Waals surface area (Å²) < 4.78 is 0. The van der Waals surface area contributed by atoms with Gasteiger partial charge in [0.05, 0.1) is 0 Å². The highest BCUT2D eigenvalue weighted by molar-refractivity contribution is 5.95. The van der Waals surface area contributed by atoms with Gasteiger partial charge in [-0.05, 0) is 162 Å². The third kappa shape index (κ3) is 5.15. The molecule has 0 radical (unpaired) electrons. The summed E-state index contributed by atoms with van der Waals surface area (Å²) in [4.78, 5) is 4.80. The Kier molecular flexibility index (Phi) is 7.76. The first-order chi connectivity index (χ1) is 25.9. The van der Waals surface area contributed by atoms with E-state index in [1.165, 1.54) is 83.8 Å². The van der Waals surface area contributed by atoms with E-state index in [1.54, 1.807) is 0 Å². The lowest BCUT2D eigenvalue weighted by Gasteiger charge is -2.29. The minimum absolute atomic E-state index is 0.174. The Morgan fingerprint density at radius 3 is 1.39 bits per heavy atom. The molecule has 0 saturated carbocycles. The van der Waals surface area contributed by atoms with Crippen LogP contribution in [0.25, 0.3) is 22.3 Å². The molecule has 7 aromatic carbocycles. The van der Waals surface area contributed by atoms with Crippen molar-refractivity contribution in [2.75, 3.05) is 9.80 Å². The third-order valence-corrected chi connectivity index (χ3v) is 12.2. The second-order valence-electron chi connectivity index (χ2n) is 16.5. The Morgan fingerprint density at radius 2 is 0.833 bits per heavy atom. The molecule has 0 unspecified atom stereocenters. The van der Waals surface area contributed by atoms with Crippen molar-refractivity contribution in [3.8, 4) is 22.3 Å². The van der Waals surface area contributed by atoms with Gasteiger partial charge in [-0.3, -0.25) is 0 Å². The van der Waals surface area contributed by atoms with Gasteiger partial charge in [0.25, 0.3) is 0 Å². The molecule has 0 aliphatic heterocycles. The zero-order valence-electron chi connectivity index (χ0n) is 32.8. The fourth-order valence-corrected chi connectivity index (χ4v) is 9.53. The summed E-state index contributed by atoms with van der Waals surface area (Å²) in [5, 5.41) is 0. The van der Waals surface area contributed by atoms with Gasteiger partial charge in [-0.15, -0.1) is 0 Å². The number of nitrogens with zero attached hydrogens (tertiary/aromatic N) is 2. The van der Waals surface area contributed by atoms with Crippen LogP contribution in [0.1, 0.15) is 72.2 Å². The molecule has 0 N–H and O–H groups in total. The van der Waals surface area contributed by atoms with Crippen molar-refractivity contribution in [1.82, 2.24) is 0 Å². The fourth-order valence-electron chi connectivity index (χ4n) is 9.53. The van der Waals surface area contributed by atoms with Crippen molar-refractivity contribution in [1.29, 1.82) is 0 Å². The van der Waals surface area contributed by atoms with Crippen LogP contribution in [0, 0.1) is 27.7 Å². The molecule has 0 spiro atoms. The molecule has 2 heteroatoms. The monoisotopic (exact) mass is 700 g/mol. The normalized spacial score (nSPS) is 14.2. The fraction of sp³-hybridized carbons (Fsp3) is 0.192. The molecule has 0 atom stereocenters. The number of benzene rings is 7. The van der Waals surface area contributed by atoms with Crippen LogP contribution in [-0.2, 0) is 10.8 Å². The Balaban J connectivity index is 1.18. The van der Waals surface area contributed by atoms with Gasteiger partial charge in [-0.1, -0.05) is 106 Å². The van der Waals surface area contributed by atoms with Crippen LogP contribution >= 0.6 is 0 Å². The van der Waals surface area contributed by atoms with Crippen molar-refractivity contribution in [3.05, 3.63) is 190 Å². The number of para-hydroxylation sites is 2. The highest BCUT2D eigenvalue weighted by atomic mass is 15.1. The number of fused-ring (bicyclic) bond motifs is 6. The Hall–Kier alpha value is -5.86. The summed E-state index contributed by atoms with van der Waals surface area (Å²) >= 11 is 0. The quantitative estimate of drug-likeness (QED) is 0.170. The number of hydrogen-bond acceptors (Lipinski definition) is 2. The molecule has 0 heterocycles. The lowest BCUT2D eigenvalue weighted by atomic mass is 9.76. The van der Waals surface area contributed by atoms with Crippen LogP contribution in [0.15, 0.2) is 146 Å². The van der Waals surface area contributed by atoms with E-state index in [0.29, 0.717) is 0 Å². The maximum atomic E-state index is 2.56. The van der Waals surface area contributed by atoms with Gasteiger partial charge in [-0.2, -0.15) is 0 Å². The van der Waals surface area contributed by atoms with Crippen LogP contribution in [-0.4, -0.2) is 0 Å². The molecule has 266 valence electrons. The molecule has 0 amide bonds. The number of hydrogen-bond donors (Lipinski definition) is 0. The number of rotatable bonds is 6. The van der Waals surface area contributed by atoms with Gasteiger partial charge in [0.2, 0.25) is 0 Å². The first kappa shape index (κ1) is 33.9. The molecule has 0 bridgehead atoms. The van der Waals surface area contributed by atoms with E-state index in [4.69, 9.17) is 0 Å². The summed E-state index contributed by atoms with van der Waals surface area (Å²) in [5.41, 5.74) is 23.1. The second kappa shape index (κ2) is 12.4. The number of aryl methyl sites for hydroxylation is 3. The molecule has 0 saturated heterocycles.